The molecular weight excluding hydrogens is 346 g/mol. The highest BCUT2D eigenvalue weighted by Gasteiger charge is 2.24. The summed E-state index contributed by atoms with van der Waals surface area (Å²) in [7, 11) is -1.30. The first-order valence-electron chi connectivity index (χ1n) is 8.25. The summed E-state index contributed by atoms with van der Waals surface area (Å²) in [4.78, 5) is 9.90. The van der Waals surface area contributed by atoms with Crippen LogP contribution in [0.1, 0.15) is 29.7 Å². The molecule has 0 amide bonds. The van der Waals surface area contributed by atoms with Crippen molar-refractivity contribution in [3.05, 3.63) is 16.1 Å². The number of sulfonamides is 1. The number of piperidine rings is 1. The fourth-order valence-electron chi connectivity index (χ4n) is 2.66. The Kier molecular flexibility index (Phi) is 7.00. The normalized spacial score (nSPS) is 17.9. The third-order valence-corrected chi connectivity index (χ3v) is 6.63. The molecule has 1 saturated heterocycles. The smallest absolute Gasteiger partial charge is 0.211 e. The van der Waals surface area contributed by atoms with Gasteiger partial charge in [-0.05, 0) is 25.2 Å². The summed E-state index contributed by atoms with van der Waals surface area (Å²) in [6.45, 7) is 4.80. The van der Waals surface area contributed by atoms with Crippen LogP contribution in [0.3, 0.4) is 0 Å². The molecule has 9 heteroatoms. The van der Waals surface area contributed by atoms with Gasteiger partial charge in [0.15, 0.2) is 5.96 Å². The van der Waals surface area contributed by atoms with Crippen molar-refractivity contribution < 1.29 is 8.42 Å². The monoisotopic (exact) mass is 373 g/mol. The van der Waals surface area contributed by atoms with E-state index < -0.39 is 10.0 Å². The lowest BCUT2D eigenvalue weighted by molar-refractivity contribution is 0.275. The van der Waals surface area contributed by atoms with Gasteiger partial charge in [-0.15, -0.1) is 11.3 Å². The van der Waals surface area contributed by atoms with Crippen molar-refractivity contribution in [3.8, 4) is 0 Å². The number of hydrogen-bond acceptors (Lipinski definition) is 5. The Bertz CT molecular complexity index is 649. The Morgan fingerprint density at radius 2 is 2.12 bits per heavy atom. The lowest BCUT2D eigenvalue weighted by Gasteiger charge is -2.30. The summed E-state index contributed by atoms with van der Waals surface area (Å²) < 4.78 is 24.6. The number of aryl methyl sites for hydroxylation is 1. The fourth-order valence-corrected chi connectivity index (χ4v) is 4.34. The minimum atomic E-state index is -3.05. The van der Waals surface area contributed by atoms with Crippen LogP contribution in [-0.4, -0.2) is 56.6 Å². The highest BCUT2D eigenvalue weighted by molar-refractivity contribution is 7.88. The number of thiazole rings is 1. The number of nitrogens with one attached hydrogen (secondary N) is 2. The summed E-state index contributed by atoms with van der Waals surface area (Å²) >= 11 is 1.72. The van der Waals surface area contributed by atoms with Crippen LogP contribution < -0.4 is 10.6 Å². The van der Waals surface area contributed by atoms with E-state index in [1.54, 1.807) is 22.7 Å². The average molecular weight is 374 g/mol. The first-order valence-corrected chi connectivity index (χ1v) is 10.9. The van der Waals surface area contributed by atoms with Crippen LogP contribution >= 0.6 is 11.3 Å². The molecule has 1 aliphatic rings. The third-order valence-electron chi connectivity index (χ3n) is 4.18. The number of hydrogen-bond donors (Lipinski definition) is 2. The van der Waals surface area contributed by atoms with Crippen LogP contribution in [0.25, 0.3) is 0 Å². The minimum absolute atomic E-state index is 0.466. The van der Waals surface area contributed by atoms with E-state index in [1.807, 2.05) is 6.20 Å². The summed E-state index contributed by atoms with van der Waals surface area (Å²) in [6, 6.07) is 0. The molecule has 0 unspecified atom stereocenters. The first-order chi connectivity index (χ1) is 11.4. The Hall–Kier alpha value is -1.19. The second kappa shape index (κ2) is 8.77. The van der Waals surface area contributed by atoms with Crippen molar-refractivity contribution >= 4 is 27.3 Å². The lowest BCUT2D eigenvalue weighted by Crippen LogP contribution is -2.43. The van der Waals surface area contributed by atoms with Gasteiger partial charge in [0.2, 0.25) is 10.0 Å². The maximum absolute atomic E-state index is 11.5. The number of aliphatic imine (C=N–C) groups is 1. The van der Waals surface area contributed by atoms with E-state index in [0.717, 1.165) is 36.8 Å². The molecule has 1 aliphatic heterocycles. The summed E-state index contributed by atoms with van der Waals surface area (Å²) in [5, 5.41) is 7.66. The second-order valence-electron chi connectivity index (χ2n) is 5.99. The zero-order valence-corrected chi connectivity index (χ0v) is 16.2. The van der Waals surface area contributed by atoms with Gasteiger partial charge in [0.25, 0.3) is 0 Å². The Balaban J connectivity index is 1.72. The molecule has 7 nitrogen and oxygen atoms in total. The second-order valence-corrected chi connectivity index (χ2v) is 9.17. The van der Waals surface area contributed by atoms with Crippen molar-refractivity contribution in [2.45, 2.75) is 32.7 Å². The molecule has 0 aromatic carbocycles. The molecule has 0 bridgehead atoms. The molecule has 1 aromatic rings. The predicted molar refractivity (Wildman–Crippen MR) is 98.8 cm³/mol. The van der Waals surface area contributed by atoms with E-state index in [2.05, 4.69) is 27.5 Å². The highest BCUT2D eigenvalue weighted by Crippen LogP contribution is 2.18. The lowest BCUT2D eigenvalue weighted by atomic mass is 9.98. The van der Waals surface area contributed by atoms with Crippen LogP contribution in [0.15, 0.2) is 11.2 Å². The van der Waals surface area contributed by atoms with Gasteiger partial charge in [-0.2, -0.15) is 0 Å². The zero-order chi connectivity index (χ0) is 17.6. The molecular formula is C15H27N5O2S2. The third kappa shape index (κ3) is 5.71. The quantitative estimate of drug-likeness (QED) is 0.575. The molecule has 0 radical (unpaired) electrons. The molecule has 2 rings (SSSR count). The minimum Gasteiger partial charge on any atom is -0.356 e. The van der Waals surface area contributed by atoms with Crippen LogP contribution in [0, 0.1) is 5.92 Å². The van der Waals surface area contributed by atoms with Crippen molar-refractivity contribution in [2.24, 2.45) is 10.9 Å². The molecule has 136 valence electrons. The summed E-state index contributed by atoms with van der Waals surface area (Å²) in [6.07, 6.45) is 5.97. The molecule has 0 aliphatic carbocycles. The van der Waals surface area contributed by atoms with Gasteiger partial charge in [-0.25, -0.2) is 17.7 Å². The van der Waals surface area contributed by atoms with E-state index in [1.165, 1.54) is 11.1 Å². The molecule has 24 heavy (non-hydrogen) atoms. The van der Waals surface area contributed by atoms with Crippen molar-refractivity contribution in [2.75, 3.05) is 32.9 Å². The number of aromatic nitrogens is 1. The molecule has 0 saturated carbocycles. The topological polar surface area (TPSA) is 86.7 Å². The largest absolute Gasteiger partial charge is 0.356 e. The SMILES string of the molecule is CCc1cnc(CNC(=NC)NCC2CCN(S(C)(=O)=O)CC2)s1. The van der Waals surface area contributed by atoms with Gasteiger partial charge in [0.1, 0.15) is 5.01 Å². The van der Waals surface area contributed by atoms with Gasteiger partial charge in [0, 0.05) is 37.8 Å². The number of guanidine groups is 1. The molecule has 2 N–H and O–H groups in total. The van der Waals surface area contributed by atoms with Crippen molar-refractivity contribution in [1.82, 2.24) is 19.9 Å². The highest BCUT2D eigenvalue weighted by atomic mass is 32.2. The van der Waals surface area contributed by atoms with Crippen LogP contribution in [-0.2, 0) is 23.0 Å². The van der Waals surface area contributed by atoms with Gasteiger partial charge in [-0.1, -0.05) is 6.92 Å². The Morgan fingerprint density at radius 3 is 2.67 bits per heavy atom. The van der Waals surface area contributed by atoms with Crippen LogP contribution in [0.5, 0.6) is 0 Å². The van der Waals surface area contributed by atoms with Crippen LogP contribution in [0.4, 0.5) is 0 Å². The van der Waals surface area contributed by atoms with E-state index in [0.29, 0.717) is 25.6 Å². The summed E-state index contributed by atoms with van der Waals surface area (Å²) in [5.74, 6) is 1.22. The molecule has 1 aromatic heterocycles. The fraction of sp³-hybridized carbons (Fsp3) is 0.733. The molecule has 0 spiro atoms. The Morgan fingerprint density at radius 1 is 1.42 bits per heavy atom. The zero-order valence-electron chi connectivity index (χ0n) is 14.6. The van der Waals surface area contributed by atoms with E-state index in [-0.39, 0.29) is 0 Å². The van der Waals surface area contributed by atoms with Gasteiger partial charge < -0.3 is 10.6 Å². The van der Waals surface area contributed by atoms with Crippen LogP contribution in [0.2, 0.25) is 0 Å². The molecule has 2 heterocycles. The molecule has 1 fully saturated rings. The number of rotatable bonds is 6. The van der Waals surface area contributed by atoms with Gasteiger partial charge in [-0.3, -0.25) is 4.99 Å². The van der Waals surface area contributed by atoms with E-state index in [9.17, 15) is 8.42 Å². The maximum atomic E-state index is 11.5. The average Bonchev–Trinajstić information content (AvgIpc) is 3.02. The van der Waals surface area contributed by atoms with E-state index >= 15 is 0 Å². The van der Waals surface area contributed by atoms with Gasteiger partial charge >= 0.3 is 0 Å². The standard InChI is InChI=1S/C15H27N5O2S2/c1-4-13-10-17-14(23-13)11-19-15(16-2)18-9-12-5-7-20(8-6-12)24(3,21)22/h10,12H,4-9,11H2,1-3H3,(H2,16,18,19). The Labute approximate surface area is 148 Å². The number of nitrogens with zero attached hydrogens (tertiary/aromatic N) is 3. The van der Waals surface area contributed by atoms with Crippen molar-refractivity contribution in [3.63, 3.8) is 0 Å². The molecule has 0 atom stereocenters. The first kappa shape index (κ1) is 19.1. The van der Waals surface area contributed by atoms with Crippen molar-refractivity contribution in [1.29, 1.82) is 0 Å². The van der Waals surface area contributed by atoms with Gasteiger partial charge in [0.05, 0.1) is 12.8 Å². The summed E-state index contributed by atoms with van der Waals surface area (Å²) in [5.41, 5.74) is 0. The predicted octanol–water partition coefficient (Wildman–Crippen LogP) is 1.04. The maximum Gasteiger partial charge on any atom is 0.211 e. The van der Waals surface area contributed by atoms with E-state index in [4.69, 9.17) is 0 Å².